The summed E-state index contributed by atoms with van der Waals surface area (Å²) in [6.45, 7) is 0.942. The zero-order valence-corrected chi connectivity index (χ0v) is 15.7. The number of halogens is 1. The van der Waals surface area contributed by atoms with E-state index in [4.69, 9.17) is 11.6 Å². The number of aromatic amines is 2. The highest BCUT2D eigenvalue weighted by Crippen LogP contribution is 2.36. The van der Waals surface area contributed by atoms with Gasteiger partial charge in [0.25, 0.3) is 5.91 Å². The van der Waals surface area contributed by atoms with Crippen LogP contribution in [0.3, 0.4) is 0 Å². The van der Waals surface area contributed by atoms with Crippen LogP contribution < -0.4 is 5.32 Å². The van der Waals surface area contributed by atoms with Crippen LogP contribution in [0.25, 0.3) is 0 Å². The molecule has 3 aromatic rings. The van der Waals surface area contributed by atoms with Crippen molar-refractivity contribution in [3.63, 3.8) is 0 Å². The molecule has 1 aliphatic heterocycles. The highest BCUT2D eigenvalue weighted by molar-refractivity contribution is 6.30. The summed E-state index contributed by atoms with van der Waals surface area (Å²) in [4.78, 5) is 34.2. The highest BCUT2D eigenvalue weighted by atomic mass is 35.5. The molecule has 1 aliphatic rings. The zero-order chi connectivity index (χ0) is 19.6. The van der Waals surface area contributed by atoms with E-state index < -0.39 is 5.41 Å². The average molecular weight is 399 g/mol. The lowest BCUT2D eigenvalue weighted by Crippen LogP contribution is -2.65. The van der Waals surface area contributed by atoms with Crippen molar-refractivity contribution in [2.45, 2.75) is 13.0 Å². The molecule has 0 atom stereocenters. The summed E-state index contributed by atoms with van der Waals surface area (Å²) in [6, 6.07) is 10.9. The molecular weight excluding hydrogens is 380 g/mol. The largest absolute Gasteiger partial charge is 0.357 e. The van der Waals surface area contributed by atoms with Gasteiger partial charge in [-0.2, -0.15) is 5.10 Å². The van der Waals surface area contributed by atoms with Crippen LogP contribution in [0.1, 0.15) is 21.9 Å². The van der Waals surface area contributed by atoms with E-state index >= 15 is 0 Å². The molecule has 1 fully saturated rings. The van der Waals surface area contributed by atoms with Gasteiger partial charge in [0.1, 0.15) is 17.8 Å². The maximum Gasteiger partial charge on any atom is 0.270 e. The minimum Gasteiger partial charge on any atom is -0.357 e. The summed E-state index contributed by atoms with van der Waals surface area (Å²) in [7, 11) is 0. The van der Waals surface area contributed by atoms with Crippen LogP contribution >= 0.6 is 11.6 Å². The normalized spacial score (nSPS) is 15.1. The summed E-state index contributed by atoms with van der Waals surface area (Å²) in [5.74, 6) is 0.350. The van der Waals surface area contributed by atoms with Gasteiger partial charge >= 0.3 is 0 Å². The van der Waals surface area contributed by atoms with Gasteiger partial charge in [-0.1, -0.05) is 23.7 Å². The molecule has 0 bridgehead atoms. The summed E-state index contributed by atoms with van der Waals surface area (Å²) < 4.78 is 0. The van der Waals surface area contributed by atoms with E-state index in [1.54, 1.807) is 35.4 Å². The summed E-state index contributed by atoms with van der Waals surface area (Å²) in [5.41, 5.74) is 0.809. The molecule has 28 heavy (non-hydrogen) atoms. The lowest BCUT2D eigenvalue weighted by Gasteiger charge is -2.48. The maximum absolute atomic E-state index is 13.0. The Kier molecular flexibility index (Phi) is 4.87. The van der Waals surface area contributed by atoms with Crippen molar-refractivity contribution in [2.75, 3.05) is 13.1 Å². The third-order valence-electron chi connectivity index (χ3n) is 4.92. The number of likely N-dealkylation sites (tertiary alicyclic amines) is 1. The molecule has 1 saturated heterocycles. The Morgan fingerprint density at radius 2 is 2.00 bits per heavy atom. The zero-order valence-electron chi connectivity index (χ0n) is 15.0. The molecule has 0 unspecified atom stereocenters. The van der Waals surface area contributed by atoms with Gasteiger partial charge in [-0.25, -0.2) is 4.98 Å². The molecule has 144 valence electrons. The van der Waals surface area contributed by atoms with Crippen molar-refractivity contribution in [1.29, 1.82) is 0 Å². The molecule has 8 nitrogen and oxygen atoms in total. The van der Waals surface area contributed by atoms with Gasteiger partial charge in [0.2, 0.25) is 5.91 Å². The van der Waals surface area contributed by atoms with E-state index in [1.165, 1.54) is 6.33 Å². The van der Waals surface area contributed by atoms with Gasteiger partial charge in [0.15, 0.2) is 0 Å². The van der Waals surface area contributed by atoms with Crippen LogP contribution in [0, 0.1) is 5.41 Å². The number of nitrogens with one attached hydrogen (secondary N) is 3. The summed E-state index contributed by atoms with van der Waals surface area (Å²) >= 11 is 5.97. The molecule has 0 saturated carbocycles. The second-order valence-electron chi connectivity index (χ2n) is 6.94. The first-order chi connectivity index (χ1) is 13.6. The highest BCUT2D eigenvalue weighted by Gasteiger charge is 2.51. The fraction of sp³-hybridized carbons (Fsp3) is 0.263. The van der Waals surface area contributed by atoms with E-state index in [0.717, 1.165) is 5.56 Å². The van der Waals surface area contributed by atoms with Gasteiger partial charge < -0.3 is 15.2 Å². The third-order valence-corrected chi connectivity index (χ3v) is 5.17. The van der Waals surface area contributed by atoms with Gasteiger partial charge in [0, 0.05) is 24.3 Å². The fourth-order valence-electron chi connectivity index (χ4n) is 3.46. The van der Waals surface area contributed by atoms with E-state index in [1.807, 2.05) is 12.1 Å². The number of amides is 2. The van der Waals surface area contributed by atoms with Crippen LogP contribution in [-0.2, 0) is 17.8 Å². The van der Waals surface area contributed by atoms with Gasteiger partial charge in [-0.15, -0.1) is 0 Å². The Morgan fingerprint density at radius 3 is 2.64 bits per heavy atom. The molecule has 0 aliphatic carbocycles. The van der Waals surface area contributed by atoms with E-state index in [2.05, 4.69) is 25.5 Å². The molecule has 0 radical (unpaired) electrons. The number of hydrogen-bond acceptors (Lipinski definition) is 4. The Morgan fingerprint density at radius 1 is 1.21 bits per heavy atom. The Balaban J connectivity index is 1.49. The lowest BCUT2D eigenvalue weighted by molar-refractivity contribution is -0.139. The van der Waals surface area contributed by atoms with Crippen molar-refractivity contribution in [3.8, 4) is 0 Å². The van der Waals surface area contributed by atoms with Gasteiger partial charge in [0.05, 0.1) is 12.0 Å². The molecule has 1 aromatic carbocycles. The molecule has 3 heterocycles. The first-order valence-corrected chi connectivity index (χ1v) is 9.23. The SMILES string of the molecule is O=C(c1ccc[nH]1)N1CC(Cc2ccc(Cl)cc2)(C(=O)NCc2ncn[nH]2)C1. The fourth-order valence-corrected chi connectivity index (χ4v) is 3.58. The number of carbonyl (C=O) groups is 2. The van der Waals surface area contributed by atoms with Crippen molar-refractivity contribution in [2.24, 2.45) is 5.41 Å². The van der Waals surface area contributed by atoms with E-state index in [-0.39, 0.29) is 18.4 Å². The molecule has 4 rings (SSSR count). The minimum absolute atomic E-state index is 0.111. The maximum atomic E-state index is 13.0. The first kappa shape index (κ1) is 18.2. The Labute approximate surface area is 166 Å². The number of carbonyl (C=O) groups excluding carboxylic acids is 2. The van der Waals surface area contributed by atoms with Crippen LogP contribution in [0.5, 0.6) is 0 Å². The van der Waals surface area contributed by atoms with Crippen molar-refractivity contribution >= 4 is 23.4 Å². The number of benzene rings is 1. The van der Waals surface area contributed by atoms with Crippen LogP contribution in [0.4, 0.5) is 0 Å². The van der Waals surface area contributed by atoms with Crippen molar-refractivity contribution < 1.29 is 9.59 Å². The van der Waals surface area contributed by atoms with Crippen molar-refractivity contribution in [1.82, 2.24) is 30.4 Å². The summed E-state index contributed by atoms with van der Waals surface area (Å²) in [6.07, 6.45) is 3.62. The topological polar surface area (TPSA) is 107 Å². The standard InChI is InChI=1S/C19H19ClN6O2/c20-14-5-3-13(4-6-14)8-19(18(28)22-9-16-23-12-24-25-16)10-26(11-19)17(27)15-2-1-7-21-15/h1-7,12,21H,8-11H2,(H,22,28)(H,23,24,25). The van der Waals surface area contributed by atoms with E-state index in [9.17, 15) is 9.59 Å². The minimum atomic E-state index is -0.698. The number of aromatic nitrogens is 4. The van der Waals surface area contributed by atoms with E-state index in [0.29, 0.717) is 36.1 Å². The Bertz CT molecular complexity index is 947. The second-order valence-corrected chi connectivity index (χ2v) is 7.38. The molecule has 3 N–H and O–H groups in total. The first-order valence-electron chi connectivity index (χ1n) is 8.85. The predicted octanol–water partition coefficient (Wildman–Crippen LogP) is 1.79. The number of rotatable bonds is 6. The van der Waals surface area contributed by atoms with Crippen molar-refractivity contribution in [3.05, 3.63) is 71.0 Å². The second kappa shape index (κ2) is 7.47. The number of hydrogen-bond donors (Lipinski definition) is 3. The van der Waals surface area contributed by atoms with Crippen LogP contribution in [0.15, 0.2) is 48.9 Å². The average Bonchev–Trinajstić information content (AvgIpc) is 3.37. The summed E-state index contributed by atoms with van der Waals surface area (Å²) in [5, 5.41) is 10.1. The Hall–Kier alpha value is -3.13. The quantitative estimate of drug-likeness (QED) is 0.588. The molecule has 0 spiro atoms. The predicted molar refractivity (Wildman–Crippen MR) is 103 cm³/mol. The third kappa shape index (κ3) is 3.63. The van der Waals surface area contributed by atoms with Crippen LogP contribution in [-0.4, -0.2) is 50.0 Å². The molecule has 2 aromatic heterocycles. The van der Waals surface area contributed by atoms with Gasteiger partial charge in [-0.3, -0.25) is 14.7 Å². The number of H-pyrrole nitrogens is 2. The monoisotopic (exact) mass is 398 g/mol. The molecule has 9 heteroatoms. The lowest BCUT2D eigenvalue weighted by atomic mass is 9.73. The smallest absolute Gasteiger partial charge is 0.270 e. The van der Waals surface area contributed by atoms with Crippen LogP contribution in [0.2, 0.25) is 5.02 Å². The molecular formula is C19H19ClN6O2. The van der Waals surface area contributed by atoms with Gasteiger partial charge in [-0.05, 0) is 36.2 Å². The molecule has 2 amide bonds. The number of nitrogens with zero attached hydrogens (tertiary/aromatic N) is 3.